The molecule has 0 saturated heterocycles. The van der Waals surface area contributed by atoms with Crippen molar-refractivity contribution in [3.05, 3.63) is 40.5 Å². The number of nitrogens with zero attached hydrogens (tertiary/aromatic N) is 1. The lowest BCUT2D eigenvalue weighted by Crippen LogP contribution is -2.30. The van der Waals surface area contributed by atoms with Crippen molar-refractivity contribution < 1.29 is 23.1 Å². The Hall–Kier alpha value is -2.75. The van der Waals surface area contributed by atoms with Crippen molar-refractivity contribution in [2.24, 2.45) is 11.7 Å². The molecule has 1 saturated carbocycles. The van der Waals surface area contributed by atoms with Crippen LogP contribution >= 0.6 is 11.5 Å². The Morgan fingerprint density at radius 3 is 2.74 bits per heavy atom. The number of aromatic nitrogens is 1. The summed E-state index contributed by atoms with van der Waals surface area (Å²) in [7, 11) is 0. The van der Waals surface area contributed by atoms with E-state index in [-0.39, 0.29) is 34.2 Å². The number of halogens is 2. The van der Waals surface area contributed by atoms with E-state index in [9.17, 15) is 18.4 Å². The maximum Gasteiger partial charge on any atom is 0.319 e. The largest absolute Gasteiger partial charge is 0.471 e. The highest BCUT2D eigenvalue weighted by Crippen LogP contribution is 2.31. The number of carbonyl (C=O) groups excluding carboxylic acids is 2. The quantitative estimate of drug-likeness (QED) is 0.669. The summed E-state index contributed by atoms with van der Waals surface area (Å²) >= 11 is 0.812. The summed E-state index contributed by atoms with van der Waals surface area (Å²) in [6.45, 7) is 1.65. The predicted molar refractivity (Wildman–Crippen MR) is 95.8 cm³/mol. The van der Waals surface area contributed by atoms with E-state index in [2.05, 4.69) is 15.0 Å². The number of rotatable bonds is 7. The van der Waals surface area contributed by atoms with Crippen LogP contribution in [0, 0.1) is 24.5 Å². The third-order valence-corrected chi connectivity index (χ3v) is 4.82. The molecule has 0 bridgehead atoms. The Labute approximate surface area is 158 Å². The number of aryl methyl sites for hydroxylation is 1. The van der Waals surface area contributed by atoms with Crippen LogP contribution in [0.5, 0.6) is 5.88 Å². The normalized spacial score (nSPS) is 13.3. The molecule has 1 aliphatic rings. The van der Waals surface area contributed by atoms with Crippen LogP contribution < -0.4 is 21.1 Å². The highest BCUT2D eigenvalue weighted by molar-refractivity contribution is 7.11. The molecule has 0 unspecified atom stereocenters. The number of nitrogens with one attached hydrogen (secondary N) is 2. The second-order valence-corrected chi connectivity index (χ2v) is 7.09. The van der Waals surface area contributed by atoms with Gasteiger partial charge in [0.2, 0.25) is 5.88 Å². The van der Waals surface area contributed by atoms with E-state index >= 15 is 0 Å². The van der Waals surface area contributed by atoms with Gasteiger partial charge in [0, 0.05) is 12.1 Å². The van der Waals surface area contributed by atoms with Crippen LogP contribution in [0.3, 0.4) is 0 Å². The van der Waals surface area contributed by atoms with Gasteiger partial charge in [-0.3, -0.25) is 10.1 Å². The first kappa shape index (κ1) is 19.0. The van der Waals surface area contributed by atoms with E-state index in [0.29, 0.717) is 12.5 Å². The molecule has 3 amide bonds. The molecule has 1 aromatic heterocycles. The van der Waals surface area contributed by atoms with Gasteiger partial charge in [0.15, 0.2) is 0 Å². The minimum atomic E-state index is -0.855. The zero-order chi connectivity index (χ0) is 19.6. The Bertz CT molecular complexity index is 883. The van der Waals surface area contributed by atoms with Crippen molar-refractivity contribution in [2.75, 3.05) is 11.9 Å². The van der Waals surface area contributed by atoms with Crippen molar-refractivity contribution in [1.82, 2.24) is 9.69 Å². The van der Waals surface area contributed by atoms with E-state index in [1.54, 1.807) is 0 Å². The topological polar surface area (TPSA) is 106 Å². The van der Waals surface area contributed by atoms with Crippen molar-refractivity contribution in [1.29, 1.82) is 0 Å². The maximum atomic E-state index is 13.9. The number of nitrogens with two attached hydrogens (primary N) is 1. The standard InChI is InChI=1S/C17H18F2N4O3S/c1-8-4-12(19)10(5-11(8)18)7-26-15-13(14(20)24)16(27-23-15)22-17(25)21-6-9-2-3-9/h4-5,9H,2-3,6-7H2,1H3,(H2,20,24)(H2,21,22,25). The SMILES string of the molecule is Cc1cc(F)c(COc2nsc(NC(=O)NCC3CC3)c2C(N)=O)cc1F. The molecule has 1 heterocycles. The number of urea groups is 1. The van der Waals surface area contributed by atoms with E-state index in [1.807, 2.05) is 0 Å². The first-order valence-corrected chi connectivity index (χ1v) is 9.04. The summed E-state index contributed by atoms with van der Waals surface area (Å²) in [6, 6.07) is 1.60. The number of hydrogen-bond acceptors (Lipinski definition) is 5. The van der Waals surface area contributed by atoms with Crippen molar-refractivity contribution >= 4 is 28.5 Å². The number of amides is 3. The summed E-state index contributed by atoms with van der Waals surface area (Å²) in [6.07, 6.45) is 2.17. The fraction of sp³-hybridized carbons (Fsp3) is 0.353. The van der Waals surface area contributed by atoms with Crippen LogP contribution in [-0.4, -0.2) is 22.9 Å². The molecule has 0 radical (unpaired) electrons. The third-order valence-electron chi connectivity index (χ3n) is 4.07. The summed E-state index contributed by atoms with van der Waals surface area (Å²) in [5.41, 5.74) is 5.38. The van der Waals surface area contributed by atoms with Gasteiger partial charge in [0.1, 0.15) is 28.8 Å². The zero-order valence-corrected chi connectivity index (χ0v) is 15.3. The van der Waals surface area contributed by atoms with Gasteiger partial charge >= 0.3 is 6.03 Å². The molecule has 1 aromatic carbocycles. The lowest BCUT2D eigenvalue weighted by molar-refractivity contribution is 0.0996. The highest BCUT2D eigenvalue weighted by Gasteiger charge is 2.24. The summed E-state index contributed by atoms with van der Waals surface area (Å²) < 4.78 is 36.8. The van der Waals surface area contributed by atoms with Crippen LogP contribution in [0.15, 0.2) is 12.1 Å². The predicted octanol–water partition coefficient (Wildman–Crippen LogP) is 2.94. The molecule has 3 rings (SSSR count). The van der Waals surface area contributed by atoms with Crippen molar-refractivity contribution in [2.45, 2.75) is 26.4 Å². The van der Waals surface area contributed by atoms with Gasteiger partial charge in [0.05, 0.1) is 0 Å². The molecule has 27 heavy (non-hydrogen) atoms. The third kappa shape index (κ3) is 4.70. The number of benzene rings is 1. The average molecular weight is 396 g/mol. The molecule has 144 valence electrons. The first-order chi connectivity index (χ1) is 12.8. The Morgan fingerprint density at radius 1 is 1.33 bits per heavy atom. The summed E-state index contributed by atoms with van der Waals surface area (Å²) in [5, 5.41) is 5.33. The molecule has 1 fully saturated rings. The summed E-state index contributed by atoms with van der Waals surface area (Å²) in [4.78, 5) is 23.6. The first-order valence-electron chi connectivity index (χ1n) is 8.26. The highest BCUT2D eigenvalue weighted by atomic mass is 32.1. The van der Waals surface area contributed by atoms with Crippen LogP contribution in [0.2, 0.25) is 0 Å². The second-order valence-electron chi connectivity index (χ2n) is 6.32. The van der Waals surface area contributed by atoms with Gasteiger partial charge in [-0.15, -0.1) is 0 Å². The van der Waals surface area contributed by atoms with Gasteiger partial charge in [-0.25, -0.2) is 13.6 Å². The van der Waals surface area contributed by atoms with Gasteiger partial charge in [-0.05, 0) is 54.9 Å². The number of ether oxygens (including phenoxy) is 1. The van der Waals surface area contributed by atoms with Crippen LogP contribution in [0.4, 0.5) is 18.6 Å². The smallest absolute Gasteiger partial charge is 0.319 e. The van der Waals surface area contributed by atoms with E-state index in [4.69, 9.17) is 10.5 Å². The van der Waals surface area contributed by atoms with E-state index < -0.39 is 23.6 Å². The average Bonchev–Trinajstić information content (AvgIpc) is 3.35. The fourth-order valence-electron chi connectivity index (χ4n) is 2.33. The Balaban J connectivity index is 1.70. The van der Waals surface area contributed by atoms with Gasteiger partial charge < -0.3 is 15.8 Å². The molecule has 0 atom stereocenters. The molecule has 4 N–H and O–H groups in total. The molecule has 0 aliphatic heterocycles. The van der Waals surface area contributed by atoms with Crippen LogP contribution in [0.1, 0.15) is 34.3 Å². The van der Waals surface area contributed by atoms with E-state index in [1.165, 1.54) is 6.92 Å². The zero-order valence-electron chi connectivity index (χ0n) is 14.5. The molecular weight excluding hydrogens is 378 g/mol. The minimum absolute atomic E-state index is 0.0294. The van der Waals surface area contributed by atoms with Gasteiger partial charge in [-0.2, -0.15) is 4.37 Å². The molecule has 0 spiro atoms. The molecule has 7 nitrogen and oxygen atoms in total. The molecule has 1 aliphatic carbocycles. The van der Waals surface area contributed by atoms with Crippen molar-refractivity contribution in [3.63, 3.8) is 0 Å². The van der Waals surface area contributed by atoms with Crippen molar-refractivity contribution in [3.8, 4) is 5.88 Å². The number of anilines is 1. The summed E-state index contributed by atoms with van der Waals surface area (Å²) in [5.74, 6) is -1.71. The molecule has 10 heteroatoms. The number of hydrogen-bond donors (Lipinski definition) is 3. The number of primary amides is 1. The molecular formula is C17H18F2N4O3S. The molecule has 2 aromatic rings. The van der Waals surface area contributed by atoms with Crippen LogP contribution in [0.25, 0.3) is 0 Å². The second kappa shape index (κ2) is 7.87. The minimum Gasteiger partial charge on any atom is -0.471 e. The maximum absolute atomic E-state index is 13.9. The Morgan fingerprint density at radius 2 is 2.07 bits per heavy atom. The fourth-order valence-corrected chi connectivity index (χ4v) is 3.06. The Kier molecular flexibility index (Phi) is 5.54. The van der Waals surface area contributed by atoms with Gasteiger partial charge in [0.25, 0.3) is 5.91 Å². The van der Waals surface area contributed by atoms with E-state index in [0.717, 1.165) is 36.5 Å². The number of carbonyl (C=O) groups is 2. The van der Waals surface area contributed by atoms with Gasteiger partial charge in [-0.1, -0.05) is 0 Å². The van der Waals surface area contributed by atoms with Crippen LogP contribution in [-0.2, 0) is 6.61 Å². The monoisotopic (exact) mass is 396 g/mol. The lowest BCUT2D eigenvalue weighted by atomic mass is 10.1. The lowest BCUT2D eigenvalue weighted by Gasteiger charge is -2.08.